The van der Waals surface area contributed by atoms with Crippen LogP contribution in [-0.4, -0.2) is 22.8 Å². The number of aromatic nitrogens is 1. The van der Waals surface area contributed by atoms with Crippen LogP contribution >= 0.6 is 11.3 Å². The SMILES string of the molecule is CCCC1CC(O)(c2cnc(C(F)(F)F)s2)CCO1. The van der Waals surface area contributed by atoms with Gasteiger partial charge in [-0.15, -0.1) is 11.3 Å². The van der Waals surface area contributed by atoms with E-state index in [1.807, 2.05) is 6.92 Å². The van der Waals surface area contributed by atoms with Crippen LogP contribution in [0.5, 0.6) is 0 Å². The van der Waals surface area contributed by atoms with Crippen molar-refractivity contribution in [3.8, 4) is 0 Å². The number of hydrogen-bond acceptors (Lipinski definition) is 4. The van der Waals surface area contributed by atoms with Crippen molar-refractivity contribution in [1.82, 2.24) is 4.98 Å². The Morgan fingerprint density at radius 3 is 2.89 bits per heavy atom. The molecular formula is C12H16F3NO2S. The normalized spacial score (nSPS) is 28.6. The van der Waals surface area contributed by atoms with Gasteiger partial charge in [-0.1, -0.05) is 13.3 Å². The standard InChI is InChI=1S/C12H16F3NO2S/c1-2-3-8-6-11(17,4-5-18-8)9-7-16-10(19-9)12(13,14)15/h7-8,17H,2-6H2,1H3. The number of rotatable bonds is 3. The minimum Gasteiger partial charge on any atom is -0.384 e. The van der Waals surface area contributed by atoms with E-state index in [2.05, 4.69) is 4.98 Å². The molecule has 2 heterocycles. The van der Waals surface area contributed by atoms with Crippen LogP contribution in [0, 0.1) is 0 Å². The summed E-state index contributed by atoms with van der Waals surface area (Å²) in [6.45, 7) is 2.37. The van der Waals surface area contributed by atoms with E-state index in [0.29, 0.717) is 30.8 Å². The van der Waals surface area contributed by atoms with Crippen molar-refractivity contribution in [1.29, 1.82) is 0 Å². The summed E-state index contributed by atoms with van der Waals surface area (Å²) in [5, 5.41) is 9.63. The molecule has 0 amide bonds. The van der Waals surface area contributed by atoms with E-state index in [-0.39, 0.29) is 11.0 Å². The molecule has 1 saturated heterocycles. The molecule has 0 saturated carbocycles. The molecule has 1 aliphatic heterocycles. The Balaban J connectivity index is 2.17. The topological polar surface area (TPSA) is 42.4 Å². The molecule has 1 fully saturated rings. The van der Waals surface area contributed by atoms with Crippen molar-refractivity contribution in [2.45, 2.75) is 50.5 Å². The van der Waals surface area contributed by atoms with E-state index >= 15 is 0 Å². The Kier molecular flexibility index (Phi) is 4.17. The molecular weight excluding hydrogens is 279 g/mol. The number of hydrogen-bond donors (Lipinski definition) is 1. The fourth-order valence-electron chi connectivity index (χ4n) is 2.28. The molecule has 7 heteroatoms. The molecule has 0 aromatic carbocycles. The second kappa shape index (κ2) is 5.38. The minimum absolute atomic E-state index is 0.0970. The monoisotopic (exact) mass is 295 g/mol. The summed E-state index contributed by atoms with van der Waals surface area (Å²) in [5.74, 6) is 0. The van der Waals surface area contributed by atoms with Gasteiger partial charge in [-0.3, -0.25) is 0 Å². The minimum atomic E-state index is -4.45. The number of alkyl halides is 3. The molecule has 19 heavy (non-hydrogen) atoms. The summed E-state index contributed by atoms with van der Waals surface area (Å²) >= 11 is 0.524. The number of thiazole rings is 1. The van der Waals surface area contributed by atoms with Crippen molar-refractivity contribution >= 4 is 11.3 Å². The first kappa shape index (κ1) is 14.7. The molecule has 0 aliphatic carbocycles. The molecule has 0 spiro atoms. The second-order valence-corrected chi connectivity index (χ2v) is 5.83. The van der Waals surface area contributed by atoms with E-state index < -0.39 is 16.8 Å². The molecule has 3 nitrogen and oxygen atoms in total. The zero-order chi connectivity index (χ0) is 14.1. The van der Waals surface area contributed by atoms with Crippen LogP contribution < -0.4 is 0 Å². The molecule has 1 aromatic rings. The second-order valence-electron chi connectivity index (χ2n) is 4.79. The lowest BCUT2D eigenvalue weighted by atomic mass is 9.88. The summed E-state index contributed by atoms with van der Waals surface area (Å²) in [4.78, 5) is 3.65. The maximum atomic E-state index is 12.5. The molecule has 1 aliphatic rings. The first-order valence-corrected chi connectivity index (χ1v) is 7.04. The first-order chi connectivity index (χ1) is 8.85. The van der Waals surface area contributed by atoms with Crippen LogP contribution in [0.25, 0.3) is 0 Å². The van der Waals surface area contributed by atoms with E-state index in [9.17, 15) is 18.3 Å². The summed E-state index contributed by atoms with van der Waals surface area (Å²) in [7, 11) is 0. The van der Waals surface area contributed by atoms with Gasteiger partial charge in [-0.05, 0) is 6.42 Å². The lowest BCUT2D eigenvalue weighted by Gasteiger charge is -2.36. The van der Waals surface area contributed by atoms with Crippen molar-refractivity contribution in [2.24, 2.45) is 0 Å². The highest BCUT2D eigenvalue weighted by molar-refractivity contribution is 7.11. The Bertz CT molecular complexity index is 433. The molecule has 1 N–H and O–H groups in total. The quantitative estimate of drug-likeness (QED) is 0.930. The molecule has 1 aromatic heterocycles. The maximum absolute atomic E-state index is 12.5. The highest BCUT2D eigenvalue weighted by atomic mass is 32.1. The molecule has 2 rings (SSSR count). The van der Waals surface area contributed by atoms with Gasteiger partial charge in [0.2, 0.25) is 0 Å². The fraction of sp³-hybridized carbons (Fsp3) is 0.750. The summed E-state index contributed by atoms with van der Waals surface area (Å²) < 4.78 is 43.1. The van der Waals surface area contributed by atoms with Gasteiger partial charge in [0, 0.05) is 19.0 Å². The Morgan fingerprint density at radius 1 is 1.58 bits per heavy atom. The molecule has 2 unspecified atom stereocenters. The third-order valence-corrected chi connectivity index (χ3v) is 4.49. The Morgan fingerprint density at radius 2 is 2.32 bits per heavy atom. The predicted octanol–water partition coefficient (Wildman–Crippen LogP) is 3.33. The van der Waals surface area contributed by atoms with Crippen LogP contribution in [0.2, 0.25) is 0 Å². The number of halogens is 3. The fourth-order valence-corrected chi connectivity index (χ4v) is 3.19. The van der Waals surface area contributed by atoms with Crippen LogP contribution in [0.4, 0.5) is 13.2 Å². The third-order valence-electron chi connectivity index (χ3n) is 3.25. The average Bonchev–Trinajstić information content (AvgIpc) is 2.79. The largest absolute Gasteiger partial charge is 0.443 e. The summed E-state index contributed by atoms with van der Waals surface area (Å²) in [6.07, 6.45) is -1.05. The predicted molar refractivity (Wildman–Crippen MR) is 64.9 cm³/mol. The zero-order valence-electron chi connectivity index (χ0n) is 10.5. The van der Waals surface area contributed by atoms with Crippen LogP contribution in [0.3, 0.4) is 0 Å². The van der Waals surface area contributed by atoms with Gasteiger partial charge in [-0.2, -0.15) is 13.2 Å². The number of nitrogens with zero attached hydrogens (tertiary/aromatic N) is 1. The number of ether oxygens (including phenoxy) is 1. The Hall–Kier alpha value is -0.660. The maximum Gasteiger partial charge on any atom is 0.443 e. The Labute approximate surface area is 113 Å². The van der Waals surface area contributed by atoms with Gasteiger partial charge < -0.3 is 9.84 Å². The van der Waals surface area contributed by atoms with Crippen molar-refractivity contribution < 1.29 is 23.0 Å². The van der Waals surface area contributed by atoms with Crippen LogP contribution in [0.15, 0.2) is 6.20 Å². The third kappa shape index (κ3) is 3.27. The molecule has 0 bridgehead atoms. The highest BCUT2D eigenvalue weighted by Gasteiger charge is 2.41. The zero-order valence-corrected chi connectivity index (χ0v) is 11.4. The molecule has 0 radical (unpaired) electrons. The van der Waals surface area contributed by atoms with Crippen molar-refractivity contribution in [2.75, 3.05) is 6.61 Å². The highest BCUT2D eigenvalue weighted by Crippen LogP contribution is 2.41. The van der Waals surface area contributed by atoms with Crippen LogP contribution in [0.1, 0.15) is 42.5 Å². The lowest BCUT2D eigenvalue weighted by molar-refractivity contribution is -0.137. The van der Waals surface area contributed by atoms with Gasteiger partial charge in [-0.25, -0.2) is 4.98 Å². The van der Waals surface area contributed by atoms with Crippen molar-refractivity contribution in [3.05, 3.63) is 16.1 Å². The summed E-state index contributed by atoms with van der Waals surface area (Å²) in [6, 6.07) is 0. The van der Waals surface area contributed by atoms with Gasteiger partial charge in [0.25, 0.3) is 0 Å². The van der Waals surface area contributed by atoms with Gasteiger partial charge >= 0.3 is 6.18 Å². The molecule has 108 valence electrons. The van der Waals surface area contributed by atoms with E-state index in [4.69, 9.17) is 4.74 Å². The lowest BCUT2D eigenvalue weighted by Crippen LogP contribution is -2.38. The van der Waals surface area contributed by atoms with E-state index in [1.54, 1.807) is 0 Å². The smallest absolute Gasteiger partial charge is 0.384 e. The van der Waals surface area contributed by atoms with E-state index in [0.717, 1.165) is 19.0 Å². The van der Waals surface area contributed by atoms with Gasteiger partial charge in [0.05, 0.1) is 17.6 Å². The van der Waals surface area contributed by atoms with Gasteiger partial charge in [0.1, 0.15) is 5.60 Å². The van der Waals surface area contributed by atoms with Crippen LogP contribution in [-0.2, 0) is 16.5 Å². The van der Waals surface area contributed by atoms with Crippen molar-refractivity contribution in [3.63, 3.8) is 0 Å². The average molecular weight is 295 g/mol. The number of aliphatic hydroxyl groups is 1. The molecule has 2 atom stereocenters. The van der Waals surface area contributed by atoms with E-state index in [1.165, 1.54) is 0 Å². The summed E-state index contributed by atoms with van der Waals surface area (Å²) in [5.41, 5.74) is -1.24. The first-order valence-electron chi connectivity index (χ1n) is 6.22. The van der Waals surface area contributed by atoms with Gasteiger partial charge in [0.15, 0.2) is 5.01 Å².